The second-order valence-electron chi connectivity index (χ2n) is 11.1. The molecule has 1 saturated carbocycles. The predicted molar refractivity (Wildman–Crippen MR) is 141 cm³/mol. The van der Waals surface area contributed by atoms with Gasteiger partial charge in [0.05, 0.1) is 19.3 Å². The summed E-state index contributed by atoms with van der Waals surface area (Å²) in [6, 6.07) is 2.37. The van der Waals surface area contributed by atoms with Crippen LogP contribution < -0.4 is 4.74 Å². The van der Waals surface area contributed by atoms with Crippen LogP contribution in [0.1, 0.15) is 108 Å². The zero-order valence-electron chi connectivity index (χ0n) is 23.0. The molecule has 5 nitrogen and oxygen atoms in total. The maximum atomic E-state index is 15.3. The third-order valence-corrected chi connectivity index (χ3v) is 7.81. The Morgan fingerprint density at radius 2 is 1.97 bits per heavy atom. The van der Waals surface area contributed by atoms with Crippen molar-refractivity contribution in [2.45, 2.75) is 97.9 Å². The first-order chi connectivity index (χ1) is 17.2. The second-order valence-corrected chi connectivity index (χ2v) is 11.1. The molecule has 0 spiro atoms. The summed E-state index contributed by atoms with van der Waals surface area (Å²) < 4.78 is 26.4. The lowest BCUT2D eigenvalue weighted by Crippen LogP contribution is -2.41. The molecule has 2 bridgehead atoms. The average Bonchev–Trinajstić information content (AvgIpc) is 3.46. The lowest BCUT2D eigenvalue weighted by Gasteiger charge is -2.36. The first-order valence-corrected chi connectivity index (χ1v) is 13.7. The van der Waals surface area contributed by atoms with Crippen molar-refractivity contribution in [2.75, 3.05) is 20.3 Å². The fraction of sp³-hybridized carbons (Fsp3) is 0.667. The lowest BCUT2D eigenvalue weighted by atomic mass is 9.72. The van der Waals surface area contributed by atoms with E-state index < -0.39 is 23.7 Å². The van der Waals surface area contributed by atoms with Gasteiger partial charge in [-0.2, -0.15) is 0 Å². The molecule has 0 N–H and O–H groups in total. The molecule has 6 heteroatoms. The van der Waals surface area contributed by atoms with E-state index in [1.807, 2.05) is 0 Å². The van der Waals surface area contributed by atoms with Crippen LogP contribution in [0, 0.1) is 17.2 Å². The Hall–Kier alpha value is -2.37. The summed E-state index contributed by atoms with van der Waals surface area (Å²) in [7, 11) is 1.31. The molecule has 4 rings (SSSR count). The van der Waals surface area contributed by atoms with E-state index in [0.29, 0.717) is 37.7 Å². The molecule has 1 aromatic rings. The summed E-state index contributed by atoms with van der Waals surface area (Å²) in [5.41, 5.74) is 2.48. The number of carbonyl (C=O) groups excluding carboxylic acids is 2. The summed E-state index contributed by atoms with van der Waals surface area (Å²) in [6.45, 7) is 11.7. The Labute approximate surface area is 216 Å². The van der Waals surface area contributed by atoms with Crippen molar-refractivity contribution in [3.63, 3.8) is 0 Å². The van der Waals surface area contributed by atoms with Crippen molar-refractivity contribution in [1.29, 1.82) is 0 Å². The highest BCUT2D eigenvalue weighted by molar-refractivity contribution is 5.97. The van der Waals surface area contributed by atoms with Gasteiger partial charge in [-0.25, -0.2) is 9.18 Å². The number of rotatable bonds is 7. The van der Waals surface area contributed by atoms with Crippen LogP contribution in [0.25, 0.3) is 0 Å². The number of nitrogens with zero attached hydrogens (tertiary/aromatic N) is 1. The highest BCUT2D eigenvalue weighted by atomic mass is 19.1. The number of allylic oxidation sites excluding steroid dienone is 2. The Bertz CT molecular complexity index is 974. The van der Waals surface area contributed by atoms with E-state index in [9.17, 15) is 9.59 Å². The van der Waals surface area contributed by atoms with Crippen LogP contribution in [0.5, 0.6) is 5.75 Å². The molecule has 1 heterocycles. The van der Waals surface area contributed by atoms with Crippen LogP contribution >= 0.6 is 0 Å². The standard InChI is InChI=1S/C27H36FNO4.C3H8/c1-5-18(3)20-12-21(25(30)29-10-6-7-23(29)26(31)32-4)22(28)13-24(20)33-16-27-9-8-19(15-27)11-17(2)14-27;1-3-2/h8,12-13,17-18,23H,5-7,9-11,14-16H2,1-4H3;3H2,1-2H3. The van der Waals surface area contributed by atoms with Crippen molar-refractivity contribution in [3.05, 3.63) is 40.7 Å². The minimum Gasteiger partial charge on any atom is -0.493 e. The number of amides is 1. The van der Waals surface area contributed by atoms with E-state index in [1.54, 1.807) is 6.07 Å². The lowest BCUT2D eigenvalue weighted by molar-refractivity contribution is -0.145. The Morgan fingerprint density at radius 3 is 2.64 bits per heavy atom. The first-order valence-electron chi connectivity index (χ1n) is 13.7. The molecule has 36 heavy (non-hydrogen) atoms. The normalized spacial score (nSPS) is 25.5. The largest absolute Gasteiger partial charge is 0.493 e. The molecule has 1 amide bonds. The smallest absolute Gasteiger partial charge is 0.328 e. The number of hydrogen-bond donors (Lipinski definition) is 0. The molecule has 2 aliphatic carbocycles. The highest BCUT2D eigenvalue weighted by Gasteiger charge is 2.41. The van der Waals surface area contributed by atoms with Crippen LogP contribution in [0.4, 0.5) is 4.39 Å². The summed E-state index contributed by atoms with van der Waals surface area (Å²) in [5, 5.41) is 0. The number of fused-ring (bicyclic) bond motifs is 2. The molecule has 1 aromatic carbocycles. The number of likely N-dealkylation sites (tertiary alicyclic amines) is 1. The molecule has 4 unspecified atom stereocenters. The molecule has 1 aliphatic heterocycles. The molecule has 200 valence electrons. The van der Waals surface area contributed by atoms with Crippen LogP contribution in [-0.4, -0.2) is 43.1 Å². The van der Waals surface area contributed by atoms with Crippen LogP contribution in [0.3, 0.4) is 0 Å². The minimum absolute atomic E-state index is 0.00252. The van der Waals surface area contributed by atoms with E-state index in [2.05, 4.69) is 40.7 Å². The first kappa shape index (κ1) is 28.2. The molecule has 3 aliphatic rings. The molecular formula is C30H44FNO4. The van der Waals surface area contributed by atoms with Gasteiger partial charge in [0.2, 0.25) is 0 Å². The topological polar surface area (TPSA) is 55.8 Å². The number of halogens is 1. The zero-order valence-corrected chi connectivity index (χ0v) is 23.0. The van der Waals surface area contributed by atoms with Crippen molar-refractivity contribution < 1.29 is 23.5 Å². The van der Waals surface area contributed by atoms with Crippen LogP contribution in [0.15, 0.2) is 23.8 Å². The van der Waals surface area contributed by atoms with Gasteiger partial charge in [-0.3, -0.25) is 4.79 Å². The Morgan fingerprint density at radius 1 is 1.25 bits per heavy atom. The number of carbonyl (C=O) groups is 2. The molecule has 0 radical (unpaired) electrons. The van der Waals surface area contributed by atoms with E-state index in [-0.39, 0.29) is 16.9 Å². The van der Waals surface area contributed by atoms with Gasteiger partial charge in [0, 0.05) is 18.0 Å². The predicted octanol–water partition coefficient (Wildman–Crippen LogP) is 7.05. The fourth-order valence-corrected chi connectivity index (χ4v) is 5.97. The van der Waals surface area contributed by atoms with Gasteiger partial charge in [0.15, 0.2) is 0 Å². The third kappa shape index (κ3) is 6.12. The Balaban J connectivity index is 0.00000115. The maximum Gasteiger partial charge on any atom is 0.328 e. The number of hydrogen-bond acceptors (Lipinski definition) is 4. The van der Waals surface area contributed by atoms with Gasteiger partial charge in [-0.1, -0.05) is 52.7 Å². The Kier molecular flexibility index (Phi) is 9.59. The van der Waals surface area contributed by atoms with Crippen molar-refractivity contribution in [3.8, 4) is 5.75 Å². The van der Waals surface area contributed by atoms with E-state index in [1.165, 1.54) is 36.5 Å². The maximum absolute atomic E-state index is 15.3. The van der Waals surface area contributed by atoms with Gasteiger partial charge >= 0.3 is 5.97 Å². The van der Waals surface area contributed by atoms with Gasteiger partial charge in [0.1, 0.15) is 17.6 Å². The van der Waals surface area contributed by atoms with Crippen molar-refractivity contribution in [1.82, 2.24) is 4.90 Å². The van der Waals surface area contributed by atoms with Crippen LogP contribution in [0.2, 0.25) is 0 Å². The van der Waals surface area contributed by atoms with Crippen molar-refractivity contribution >= 4 is 11.9 Å². The molecule has 0 aromatic heterocycles. The van der Waals surface area contributed by atoms with E-state index >= 15 is 4.39 Å². The highest BCUT2D eigenvalue weighted by Crippen LogP contribution is 2.50. The van der Waals surface area contributed by atoms with E-state index in [4.69, 9.17) is 9.47 Å². The summed E-state index contributed by atoms with van der Waals surface area (Å²) in [4.78, 5) is 26.8. The van der Waals surface area contributed by atoms with E-state index in [0.717, 1.165) is 31.2 Å². The monoisotopic (exact) mass is 501 g/mol. The SMILES string of the molecule is CCC.CCC(C)c1cc(C(=O)N2CCCC2C(=O)OC)c(F)cc1OCC12CC=C(CC(C)C1)C2. The summed E-state index contributed by atoms with van der Waals surface area (Å²) in [5.74, 6) is -0.218. The average molecular weight is 502 g/mol. The third-order valence-electron chi connectivity index (χ3n) is 7.81. The van der Waals surface area contributed by atoms with Gasteiger partial charge in [-0.15, -0.1) is 0 Å². The van der Waals surface area contributed by atoms with Crippen molar-refractivity contribution in [2.24, 2.45) is 11.3 Å². The molecule has 1 saturated heterocycles. The zero-order chi connectivity index (χ0) is 26.5. The fourth-order valence-electron chi connectivity index (χ4n) is 5.97. The minimum atomic E-state index is -0.652. The quantitative estimate of drug-likeness (QED) is 0.297. The number of esters is 1. The van der Waals surface area contributed by atoms with Crippen LogP contribution in [-0.2, 0) is 9.53 Å². The molecule has 4 atom stereocenters. The number of methoxy groups -OCH3 is 1. The van der Waals surface area contributed by atoms with Gasteiger partial charge in [0.25, 0.3) is 5.91 Å². The number of benzene rings is 1. The molecule has 2 fully saturated rings. The van der Waals surface area contributed by atoms with Gasteiger partial charge in [-0.05, 0) is 68.4 Å². The molecular weight excluding hydrogens is 457 g/mol. The van der Waals surface area contributed by atoms with Gasteiger partial charge < -0.3 is 14.4 Å². The number of ether oxygens (including phenoxy) is 2. The summed E-state index contributed by atoms with van der Waals surface area (Å²) in [6.07, 6.45) is 10.1. The second kappa shape index (κ2) is 12.2. The summed E-state index contributed by atoms with van der Waals surface area (Å²) >= 11 is 0.